The number of alkyl halides is 3. The zero-order valence-electron chi connectivity index (χ0n) is 14.6. The first-order valence-corrected chi connectivity index (χ1v) is 8.76. The molecule has 0 radical (unpaired) electrons. The lowest BCUT2D eigenvalue weighted by Crippen LogP contribution is -2.42. The molecule has 1 aliphatic heterocycles. The topological polar surface area (TPSA) is 78.3 Å². The van der Waals surface area contributed by atoms with Crippen LogP contribution in [0.25, 0.3) is 16.8 Å². The molecule has 0 aromatic carbocycles. The molecule has 2 atom stereocenters. The summed E-state index contributed by atoms with van der Waals surface area (Å²) in [5.41, 5.74) is 3.25. The molecule has 0 aliphatic carbocycles. The van der Waals surface area contributed by atoms with Gasteiger partial charge >= 0.3 is 12.2 Å². The van der Waals surface area contributed by atoms with Gasteiger partial charge in [-0.1, -0.05) is 13.3 Å². The molecule has 2 N–H and O–H groups in total. The number of nitrogens with zero attached hydrogens (tertiary/aromatic N) is 4. The molecule has 144 valence electrons. The summed E-state index contributed by atoms with van der Waals surface area (Å²) in [7, 11) is 0. The summed E-state index contributed by atoms with van der Waals surface area (Å²) in [5.74, 6) is 0.130. The molecule has 27 heavy (non-hydrogen) atoms. The van der Waals surface area contributed by atoms with Crippen LogP contribution in [-0.4, -0.2) is 56.1 Å². The number of urea groups is 1. The third kappa shape index (κ3) is 3.19. The van der Waals surface area contributed by atoms with Crippen LogP contribution in [0.15, 0.2) is 24.7 Å². The van der Waals surface area contributed by atoms with Crippen LogP contribution in [0.2, 0.25) is 0 Å². The predicted molar refractivity (Wildman–Crippen MR) is 92.4 cm³/mol. The maximum absolute atomic E-state index is 12.4. The minimum absolute atomic E-state index is 0.0119. The fourth-order valence-corrected chi connectivity index (χ4v) is 3.83. The van der Waals surface area contributed by atoms with Crippen molar-refractivity contribution in [2.24, 2.45) is 5.92 Å². The van der Waals surface area contributed by atoms with Crippen LogP contribution >= 0.6 is 0 Å². The van der Waals surface area contributed by atoms with E-state index in [2.05, 4.69) is 15.0 Å². The highest BCUT2D eigenvalue weighted by Crippen LogP contribution is 2.35. The summed E-state index contributed by atoms with van der Waals surface area (Å²) in [5, 5.41) is 1.96. The monoisotopic (exact) mass is 380 g/mol. The molecular formula is C17H19F3N6O. The van der Waals surface area contributed by atoms with Crippen molar-refractivity contribution in [2.75, 3.05) is 19.6 Å². The lowest BCUT2D eigenvalue weighted by Gasteiger charge is -2.18. The Morgan fingerprint density at radius 2 is 2.15 bits per heavy atom. The third-order valence-corrected chi connectivity index (χ3v) is 5.14. The van der Waals surface area contributed by atoms with Gasteiger partial charge in [0.15, 0.2) is 11.3 Å². The van der Waals surface area contributed by atoms with Gasteiger partial charge in [0.25, 0.3) is 0 Å². The van der Waals surface area contributed by atoms with E-state index < -0.39 is 18.8 Å². The summed E-state index contributed by atoms with van der Waals surface area (Å²) in [4.78, 5) is 25.4. The first-order chi connectivity index (χ1) is 12.9. The molecule has 0 unspecified atom stereocenters. The number of rotatable bonds is 3. The van der Waals surface area contributed by atoms with Gasteiger partial charge in [-0.05, 0) is 12.0 Å². The lowest BCUT2D eigenvalue weighted by atomic mass is 9.91. The van der Waals surface area contributed by atoms with E-state index in [-0.39, 0.29) is 11.8 Å². The number of H-pyrrole nitrogens is 1. The van der Waals surface area contributed by atoms with E-state index in [4.69, 9.17) is 0 Å². The number of imidazole rings is 1. The maximum atomic E-state index is 12.4. The molecule has 1 fully saturated rings. The highest BCUT2D eigenvalue weighted by molar-refractivity contribution is 5.76. The SMILES string of the molecule is CC[C@H]1CN(C(=O)NCC(F)(F)F)C[C@@H]1c1cnc2cnc3[nH]ccc3n12. The van der Waals surface area contributed by atoms with Crippen LogP contribution < -0.4 is 5.32 Å². The fraction of sp³-hybridized carbons (Fsp3) is 0.471. The van der Waals surface area contributed by atoms with Crippen LogP contribution in [0.5, 0.6) is 0 Å². The van der Waals surface area contributed by atoms with Gasteiger partial charge in [0.2, 0.25) is 0 Å². The van der Waals surface area contributed by atoms with Crippen LogP contribution in [0.3, 0.4) is 0 Å². The molecular weight excluding hydrogens is 361 g/mol. The molecule has 3 aromatic heterocycles. The maximum Gasteiger partial charge on any atom is 0.405 e. The fourth-order valence-electron chi connectivity index (χ4n) is 3.83. The van der Waals surface area contributed by atoms with Gasteiger partial charge in [0, 0.05) is 37.1 Å². The number of aromatic nitrogens is 4. The highest BCUT2D eigenvalue weighted by Gasteiger charge is 2.38. The minimum Gasteiger partial charge on any atom is -0.345 e. The van der Waals surface area contributed by atoms with Crippen molar-refractivity contribution in [3.8, 4) is 0 Å². The van der Waals surface area contributed by atoms with Crippen LogP contribution in [0, 0.1) is 5.92 Å². The van der Waals surface area contributed by atoms with Gasteiger partial charge in [0.05, 0.1) is 11.7 Å². The Morgan fingerprint density at radius 1 is 1.33 bits per heavy atom. The Kier molecular flexibility index (Phi) is 4.20. The summed E-state index contributed by atoms with van der Waals surface area (Å²) in [6.07, 6.45) is 1.62. The molecule has 0 saturated carbocycles. The summed E-state index contributed by atoms with van der Waals surface area (Å²) in [6, 6.07) is 1.22. The first kappa shape index (κ1) is 17.6. The number of hydrogen-bond acceptors (Lipinski definition) is 3. The summed E-state index contributed by atoms with van der Waals surface area (Å²) in [6.45, 7) is 1.46. The van der Waals surface area contributed by atoms with Crippen molar-refractivity contribution in [1.82, 2.24) is 29.6 Å². The largest absolute Gasteiger partial charge is 0.405 e. The predicted octanol–water partition coefficient (Wildman–Crippen LogP) is 2.91. The van der Waals surface area contributed by atoms with Crippen molar-refractivity contribution < 1.29 is 18.0 Å². The molecule has 0 spiro atoms. The van der Waals surface area contributed by atoms with Crippen molar-refractivity contribution in [3.05, 3.63) is 30.4 Å². The molecule has 2 amide bonds. The Bertz CT molecular complexity index is 978. The van der Waals surface area contributed by atoms with Gasteiger partial charge in [-0.3, -0.25) is 4.40 Å². The summed E-state index contributed by atoms with van der Waals surface area (Å²) >= 11 is 0. The molecule has 4 heterocycles. The van der Waals surface area contributed by atoms with Crippen molar-refractivity contribution in [3.63, 3.8) is 0 Å². The lowest BCUT2D eigenvalue weighted by molar-refractivity contribution is -0.123. The van der Waals surface area contributed by atoms with E-state index in [0.29, 0.717) is 18.7 Å². The van der Waals surface area contributed by atoms with E-state index in [1.54, 1.807) is 18.6 Å². The van der Waals surface area contributed by atoms with Crippen LogP contribution in [-0.2, 0) is 0 Å². The number of carbonyl (C=O) groups is 1. The van der Waals surface area contributed by atoms with E-state index in [0.717, 1.165) is 23.3 Å². The van der Waals surface area contributed by atoms with Gasteiger partial charge in [0.1, 0.15) is 6.54 Å². The number of nitrogens with one attached hydrogen (secondary N) is 2. The molecule has 0 bridgehead atoms. The first-order valence-electron chi connectivity index (χ1n) is 8.76. The van der Waals surface area contributed by atoms with Gasteiger partial charge in [-0.15, -0.1) is 0 Å². The second kappa shape index (κ2) is 6.43. The number of likely N-dealkylation sites (tertiary alicyclic amines) is 1. The summed E-state index contributed by atoms with van der Waals surface area (Å²) < 4.78 is 39.2. The Labute approximate surface area is 152 Å². The second-order valence-corrected chi connectivity index (χ2v) is 6.80. The smallest absolute Gasteiger partial charge is 0.345 e. The minimum atomic E-state index is -4.42. The molecule has 4 rings (SSSR count). The van der Waals surface area contributed by atoms with Gasteiger partial charge in [-0.25, -0.2) is 14.8 Å². The molecule has 7 nitrogen and oxygen atoms in total. The zero-order valence-corrected chi connectivity index (χ0v) is 14.6. The number of hydrogen-bond donors (Lipinski definition) is 2. The van der Waals surface area contributed by atoms with Gasteiger partial charge < -0.3 is 15.2 Å². The molecule has 10 heteroatoms. The van der Waals surface area contributed by atoms with E-state index >= 15 is 0 Å². The van der Waals surface area contributed by atoms with Crippen LogP contribution in [0.1, 0.15) is 25.0 Å². The highest BCUT2D eigenvalue weighted by atomic mass is 19.4. The van der Waals surface area contributed by atoms with Crippen molar-refractivity contribution in [1.29, 1.82) is 0 Å². The zero-order chi connectivity index (χ0) is 19.2. The van der Waals surface area contributed by atoms with Crippen molar-refractivity contribution in [2.45, 2.75) is 25.4 Å². The standard InChI is InChI=1S/C17H19F3N6O/c1-2-10-7-25(16(27)24-9-17(18,19)20)8-11(10)13-5-22-14-6-23-15-12(26(13)14)3-4-21-15/h3-6,10-11,21H,2,7-9H2,1H3,(H,24,27)/t10-,11-/m0/s1. The average molecular weight is 380 g/mol. The Hall–Kier alpha value is -2.78. The number of halogens is 3. The number of aromatic amines is 1. The van der Waals surface area contributed by atoms with Gasteiger partial charge in [-0.2, -0.15) is 13.2 Å². The van der Waals surface area contributed by atoms with E-state index in [1.807, 2.05) is 22.7 Å². The second-order valence-electron chi connectivity index (χ2n) is 6.80. The normalized spacial score (nSPS) is 20.7. The molecule has 1 saturated heterocycles. The number of carbonyl (C=O) groups excluding carboxylic acids is 1. The quantitative estimate of drug-likeness (QED) is 0.733. The Balaban J connectivity index is 1.63. The Morgan fingerprint density at radius 3 is 2.89 bits per heavy atom. The molecule has 3 aromatic rings. The van der Waals surface area contributed by atoms with E-state index in [9.17, 15) is 18.0 Å². The third-order valence-electron chi connectivity index (χ3n) is 5.14. The average Bonchev–Trinajstić information content (AvgIpc) is 3.33. The van der Waals surface area contributed by atoms with Crippen LogP contribution in [0.4, 0.5) is 18.0 Å². The number of amides is 2. The van der Waals surface area contributed by atoms with Crippen molar-refractivity contribution >= 4 is 22.8 Å². The number of fused-ring (bicyclic) bond motifs is 3. The molecule has 1 aliphatic rings. The van der Waals surface area contributed by atoms with E-state index in [1.165, 1.54) is 4.90 Å².